The molecule has 1 aliphatic carbocycles. The summed E-state index contributed by atoms with van der Waals surface area (Å²) in [7, 11) is 0. The van der Waals surface area contributed by atoms with E-state index in [1.54, 1.807) is 18.2 Å². The maximum Gasteiger partial charge on any atom is 0.320 e. The van der Waals surface area contributed by atoms with Crippen LogP contribution < -0.4 is 5.32 Å². The minimum Gasteiger partial charge on any atom is -0.460 e. The topological polar surface area (TPSA) is 38.3 Å². The van der Waals surface area contributed by atoms with Crippen LogP contribution in [0.15, 0.2) is 18.2 Å². The van der Waals surface area contributed by atoms with Gasteiger partial charge in [-0.25, -0.2) is 0 Å². The summed E-state index contributed by atoms with van der Waals surface area (Å²) in [6, 6.07) is 5.61. The predicted molar refractivity (Wildman–Crippen MR) is 67.3 cm³/mol. The summed E-state index contributed by atoms with van der Waals surface area (Å²) in [5.41, 5.74) is 0.760. The summed E-state index contributed by atoms with van der Waals surface area (Å²) >= 11 is 11.7. The molecule has 5 heteroatoms. The highest BCUT2D eigenvalue weighted by atomic mass is 35.5. The van der Waals surface area contributed by atoms with Gasteiger partial charge in [-0.05, 0) is 25.0 Å². The summed E-state index contributed by atoms with van der Waals surface area (Å²) in [5, 5.41) is 4.17. The lowest BCUT2D eigenvalue weighted by atomic mass is 10.2. The molecule has 1 N–H and O–H groups in total. The van der Waals surface area contributed by atoms with Gasteiger partial charge in [0, 0.05) is 21.7 Å². The molecule has 0 aromatic heterocycles. The van der Waals surface area contributed by atoms with Gasteiger partial charge in [0.05, 0.1) is 6.54 Å². The van der Waals surface area contributed by atoms with Crippen LogP contribution in [0.5, 0.6) is 0 Å². The van der Waals surface area contributed by atoms with Crippen molar-refractivity contribution >= 4 is 29.2 Å². The van der Waals surface area contributed by atoms with E-state index in [2.05, 4.69) is 5.32 Å². The van der Waals surface area contributed by atoms with Crippen LogP contribution in [0.3, 0.4) is 0 Å². The highest BCUT2D eigenvalue weighted by molar-refractivity contribution is 6.35. The quantitative estimate of drug-likeness (QED) is 0.839. The second kappa shape index (κ2) is 5.71. The molecule has 0 radical (unpaired) electrons. The number of carbonyl (C=O) groups excluding carboxylic acids is 1. The van der Waals surface area contributed by atoms with Gasteiger partial charge in [0.25, 0.3) is 0 Å². The molecule has 0 atom stereocenters. The fourth-order valence-corrected chi connectivity index (χ4v) is 1.83. The first-order valence-electron chi connectivity index (χ1n) is 5.48. The zero-order valence-corrected chi connectivity index (χ0v) is 10.7. The molecule has 0 unspecified atom stereocenters. The monoisotopic (exact) mass is 273 g/mol. The van der Waals surface area contributed by atoms with Crippen LogP contribution in [-0.2, 0) is 16.1 Å². The molecule has 17 heavy (non-hydrogen) atoms. The van der Waals surface area contributed by atoms with E-state index in [4.69, 9.17) is 27.9 Å². The first kappa shape index (κ1) is 12.7. The van der Waals surface area contributed by atoms with Gasteiger partial charge < -0.3 is 10.1 Å². The fourth-order valence-electron chi connectivity index (χ4n) is 1.36. The Labute approximate surface area is 110 Å². The summed E-state index contributed by atoms with van der Waals surface area (Å²) < 4.78 is 5.10. The number of ether oxygens (including phenoxy) is 1. The Morgan fingerprint density at radius 3 is 2.82 bits per heavy atom. The van der Waals surface area contributed by atoms with E-state index in [9.17, 15) is 4.79 Å². The Hall–Kier alpha value is -0.770. The molecule has 0 bridgehead atoms. The first-order chi connectivity index (χ1) is 8.15. The van der Waals surface area contributed by atoms with Crippen LogP contribution in [0, 0.1) is 0 Å². The molecule has 92 valence electrons. The molecule has 3 nitrogen and oxygen atoms in total. The molecule has 1 aromatic rings. The van der Waals surface area contributed by atoms with Gasteiger partial charge in [0.2, 0.25) is 0 Å². The second-order valence-electron chi connectivity index (χ2n) is 4.05. The van der Waals surface area contributed by atoms with E-state index in [-0.39, 0.29) is 19.1 Å². The molecule has 1 fully saturated rings. The number of nitrogens with one attached hydrogen (secondary N) is 1. The summed E-state index contributed by atoms with van der Waals surface area (Å²) in [6.45, 7) is 0.442. The van der Waals surface area contributed by atoms with Crippen LogP contribution in [-0.4, -0.2) is 18.6 Å². The average molecular weight is 274 g/mol. The fraction of sp³-hybridized carbons (Fsp3) is 0.417. The van der Waals surface area contributed by atoms with E-state index in [0.29, 0.717) is 16.1 Å². The third kappa shape index (κ3) is 4.19. The zero-order chi connectivity index (χ0) is 12.3. The number of rotatable bonds is 5. The number of halogens is 2. The molecule has 0 saturated heterocycles. The van der Waals surface area contributed by atoms with Gasteiger partial charge in [0.1, 0.15) is 6.61 Å². The van der Waals surface area contributed by atoms with Gasteiger partial charge in [0.15, 0.2) is 0 Å². The second-order valence-corrected chi connectivity index (χ2v) is 4.90. The van der Waals surface area contributed by atoms with Gasteiger partial charge >= 0.3 is 5.97 Å². The third-order valence-corrected chi connectivity index (χ3v) is 3.10. The van der Waals surface area contributed by atoms with Crippen molar-refractivity contribution in [2.75, 3.05) is 6.54 Å². The number of hydrogen-bond acceptors (Lipinski definition) is 3. The van der Waals surface area contributed by atoms with Crippen molar-refractivity contribution < 1.29 is 9.53 Å². The van der Waals surface area contributed by atoms with Crippen molar-refractivity contribution in [2.45, 2.75) is 25.5 Å². The predicted octanol–water partition coefficient (Wildman–Crippen LogP) is 2.79. The van der Waals surface area contributed by atoms with Crippen molar-refractivity contribution in [2.24, 2.45) is 0 Å². The number of esters is 1. The molecular formula is C12H13Cl2NO2. The molecule has 1 saturated carbocycles. The third-order valence-electron chi connectivity index (χ3n) is 2.52. The zero-order valence-electron chi connectivity index (χ0n) is 9.21. The number of hydrogen-bond donors (Lipinski definition) is 1. The normalized spacial score (nSPS) is 14.7. The lowest BCUT2D eigenvalue weighted by Crippen LogP contribution is -2.26. The smallest absolute Gasteiger partial charge is 0.320 e. The average Bonchev–Trinajstić information content (AvgIpc) is 3.09. The molecule has 1 aliphatic rings. The Bertz CT molecular complexity index is 419. The highest BCUT2D eigenvalue weighted by Crippen LogP contribution is 2.21. The SMILES string of the molecule is O=C(CNC1CC1)OCc1ccc(Cl)cc1Cl. The van der Waals surface area contributed by atoms with Crippen LogP contribution >= 0.6 is 23.2 Å². The minimum absolute atomic E-state index is 0.182. The Balaban J connectivity index is 1.77. The van der Waals surface area contributed by atoms with E-state index in [1.807, 2.05) is 0 Å². The lowest BCUT2D eigenvalue weighted by Gasteiger charge is -2.07. The van der Waals surface area contributed by atoms with Crippen molar-refractivity contribution in [1.82, 2.24) is 5.32 Å². The number of benzene rings is 1. The van der Waals surface area contributed by atoms with Gasteiger partial charge in [-0.1, -0.05) is 29.3 Å². The van der Waals surface area contributed by atoms with E-state index < -0.39 is 0 Å². The van der Waals surface area contributed by atoms with E-state index in [1.165, 1.54) is 0 Å². The number of carbonyl (C=O) groups is 1. The molecule has 1 aromatic carbocycles. The van der Waals surface area contributed by atoms with Crippen molar-refractivity contribution in [3.8, 4) is 0 Å². The van der Waals surface area contributed by atoms with Crippen molar-refractivity contribution in [3.05, 3.63) is 33.8 Å². The van der Waals surface area contributed by atoms with Crippen LogP contribution in [0.1, 0.15) is 18.4 Å². The highest BCUT2D eigenvalue weighted by Gasteiger charge is 2.21. The molecule has 0 heterocycles. The molecule has 2 rings (SSSR count). The molecular weight excluding hydrogens is 261 g/mol. The summed E-state index contributed by atoms with van der Waals surface area (Å²) in [4.78, 5) is 11.4. The van der Waals surface area contributed by atoms with E-state index in [0.717, 1.165) is 18.4 Å². The molecule has 0 spiro atoms. The standard InChI is InChI=1S/C12H13Cl2NO2/c13-9-2-1-8(11(14)5-9)7-17-12(16)6-15-10-3-4-10/h1-2,5,10,15H,3-4,6-7H2. The maximum atomic E-state index is 11.4. The lowest BCUT2D eigenvalue weighted by molar-refractivity contribution is -0.143. The van der Waals surface area contributed by atoms with Crippen molar-refractivity contribution in [1.29, 1.82) is 0 Å². The Kier molecular flexibility index (Phi) is 4.26. The van der Waals surface area contributed by atoms with Crippen molar-refractivity contribution in [3.63, 3.8) is 0 Å². The van der Waals surface area contributed by atoms with Gasteiger partial charge in [-0.15, -0.1) is 0 Å². The molecule has 0 amide bonds. The summed E-state index contributed by atoms with van der Waals surface area (Å²) in [6.07, 6.45) is 2.30. The minimum atomic E-state index is -0.261. The summed E-state index contributed by atoms with van der Waals surface area (Å²) in [5.74, 6) is -0.261. The first-order valence-corrected chi connectivity index (χ1v) is 6.23. The van der Waals surface area contributed by atoms with Gasteiger partial charge in [-0.3, -0.25) is 4.79 Å². The maximum absolute atomic E-state index is 11.4. The van der Waals surface area contributed by atoms with Crippen LogP contribution in [0.25, 0.3) is 0 Å². The van der Waals surface area contributed by atoms with Gasteiger partial charge in [-0.2, -0.15) is 0 Å². The van der Waals surface area contributed by atoms with E-state index >= 15 is 0 Å². The largest absolute Gasteiger partial charge is 0.460 e. The molecule has 0 aliphatic heterocycles. The Morgan fingerprint density at radius 1 is 1.41 bits per heavy atom. The van der Waals surface area contributed by atoms with Crippen LogP contribution in [0.4, 0.5) is 0 Å². The Morgan fingerprint density at radius 2 is 2.18 bits per heavy atom. The van der Waals surface area contributed by atoms with Crippen LogP contribution in [0.2, 0.25) is 10.0 Å².